The monoisotopic (exact) mass is 150 g/mol. The van der Waals surface area contributed by atoms with E-state index in [4.69, 9.17) is 0 Å². The Labute approximate surface area is 66.5 Å². The van der Waals surface area contributed by atoms with Crippen LogP contribution in [0.3, 0.4) is 0 Å². The first kappa shape index (κ1) is 8.05. The fourth-order valence-corrected chi connectivity index (χ4v) is 0.952. The summed E-state index contributed by atoms with van der Waals surface area (Å²) >= 11 is 0. The molecule has 0 bridgehead atoms. The summed E-state index contributed by atoms with van der Waals surface area (Å²) in [6.07, 6.45) is 3.78. The molecule has 0 fully saturated rings. The van der Waals surface area contributed by atoms with E-state index in [-0.39, 0.29) is 5.56 Å². The normalized spacial score (nSPS) is 10.0. The zero-order chi connectivity index (χ0) is 8.27. The molecule has 11 heavy (non-hydrogen) atoms. The predicted molar refractivity (Wildman–Crippen MR) is 44.5 cm³/mol. The lowest BCUT2D eigenvalue weighted by molar-refractivity contribution is 0.833. The molecular formula is C9H12NO. The first-order valence-corrected chi connectivity index (χ1v) is 3.82. The molecule has 0 N–H and O–H groups in total. The second-order valence-corrected chi connectivity index (χ2v) is 2.63. The maximum absolute atomic E-state index is 11.0. The third kappa shape index (κ3) is 1.93. The molecule has 1 aromatic rings. The summed E-state index contributed by atoms with van der Waals surface area (Å²) < 4.78 is 1.53. The summed E-state index contributed by atoms with van der Waals surface area (Å²) in [5, 5.41) is 0. The number of rotatable bonds is 2. The lowest BCUT2D eigenvalue weighted by Crippen LogP contribution is -2.15. The summed E-state index contributed by atoms with van der Waals surface area (Å²) in [4.78, 5) is 11.0. The van der Waals surface area contributed by atoms with Gasteiger partial charge in [0.15, 0.2) is 0 Å². The summed E-state index contributed by atoms with van der Waals surface area (Å²) in [6, 6.07) is 4.72. The number of hydrogen-bond donors (Lipinski definition) is 0. The fraction of sp³-hybridized carbons (Fsp3) is 0.444. The number of aryl methyl sites for hydroxylation is 2. The Hall–Kier alpha value is -1.05. The highest BCUT2D eigenvalue weighted by Gasteiger charge is 1.93. The van der Waals surface area contributed by atoms with Crippen molar-refractivity contribution >= 4 is 0 Å². The maximum atomic E-state index is 11.0. The predicted octanol–water partition coefficient (Wildman–Crippen LogP) is 1.14. The van der Waals surface area contributed by atoms with Gasteiger partial charge in [-0.1, -0.05) is 13.3 Å². The summed E-state index contributed by atoms with van der Waals surface area (Å²) in [5.41, 5.74) is 0.964. The third-order valence-corrected chi connectivity index (χ3v) is 1.61. The topological polar surface area (TPSA) is 22.0 Å². The van der Waals surface area contributed by atoms with Crippen LogP contribution < -0.4 is 5.56 Å². The van der Waals surface area contributed by atoms with E-state index in [1.165, 1.54) is 4.57 Å². The highest BCUT2D eigenvalue weighted by molar-refractivity contribution is 5.08. The van der Waals surface area contributed by atoms with Gasteiger partial charge in [0.25, 0.3) is 5.56 Å². The van der Waals surface area contributed by atoms with E-state index in [0.29, 0.717) is 0 Å². The quantitative estimate of drug-likeness (QED) is 0.619. The van der Waals surface area contributed by atoms with Crippen LogP contribution in [0.4, 0.5) is 0 Å². The largest absolute Gasteiger partial charge is 0.318 e. The molecule has 2 heteroatoms. The summed E-state index contributed by atoms with van der Waals surface area (Å²) in [6.45, 7) is 2.09. The van der Waals surface area contributed by atoms with Crippen LogP contribution in [0.5, 0.6) is 0 Å². The molecule has 1 radical (unpaired) electrons. The Bertz CT molecular complexity index is 288. The van der Waals surface area contributed by atoms with Crippen molar-refractivity contribution in [2.24, 2.45) is 7.05 Å². The van der Waals surface area contributed by atoms with Gasteiger partial charge in [0.05, 0.1) is 6.07 Å². The fourth-order valence-electron chi connectivity index (χ4n) is 0.952. The van der Waals surface area contributed by atoms with Gasteiger partial charge >= 0.3 is 0 Å². The van der Waals surface area contributed by atoms with Crippen molar-refractivity contribution in [3.8, 4) is 0 Å². The molecule has 1 heterocycles. The van der Waals surface area contributed by atoms with Crippen LogP contribution >= 0.6 is 0 Å². The number of aromatic nitrogens is 1. The molecule has 0 spiro atoms. The second-order valence-electron chi connectivity index (χ2n) is 2.63. The molecule has 0 aliphatic rings. The standard InChI is InChI=1S/C9H12NO/c1-3-4-8-5-6-10(2)9(11)7-8/h5-6H,3-4H2,1-2H3. The van der Waals surface area contributed by atoms with Crippen molar-refractivity contribution in [2.75, 3.05) is 0 Å². The van der Waals surface area contributed by atoms with Crippen LogP contribution in [-0.2, 0) is 13.5 Å². The molecule has 0 aliphatic heterocycles. The molecule has 0 atom stereocenters. The minimum atomic E-state index is -0.0454. The lowest BCUT2D eigenvalue weighted by Gasteiger charge is -1.98. The van der Waals surface area contributed by atoms with Gasteiger partial charge in [0, 0.05) is 13.2 Å². The summed E-state index contributed by atoms with van der Waals surface area (Å²) in [7, 11) is 1.73. The van der Waals surface area contributed by atoms with Crippen LogP contribution in [0.25, 0.3) is 0 Å². The Kier molecular flexibility index (Phi) is 2.47. The van der Waals surface area contributed by atoms with Gasteiger partial charge in [-0.25, -0.2) is 0 Å². The minimum Gasteiger partial charge on any atom is -0.318 e. The van der Waals surface area contributed by atoms with E-state index in [1.807, 2.05) is 6.07 Å². The molecule has 59 valence electrons. The Morgan fingerprint density at radius 1 is 1.64 bits per heavy atom. The molecule has 0 saturated heterocycles. The Morgan fingerprint density at radius 3 is 2.91 bits per heavy atom. The average molecular weight is 150 g/mol. The van der Waals surface area contributed by atoms with Crippen molar-refractivity contribution in [3.63, 3.8) is 0 Å². The molecule has 1 rings (SSSR count). The zero-order valence-electron chi connectivity index (χ0n) is 6.92. The van der Waals surface area contributed by atoms with Gasteiger partial charge in [-0.2, -0.15) is 0 Å². The van der Waals surface area contributed by atoms with Crippen molar-refractivity contribution in [1.82, 2.24) is 4.57 Å². The maximum Gasteiger partial charge on any atom is 0.258 e. The minimum absolute atomic E-state index is 0.0454. The van der Waals surface area contributed by atoms with E-state index in [0.717, 1.165) is 18.4 Å². The van der Waals surface area contributed by atoms with Crippen LogP contribution in [0.15, 0.2) is 17.1 Å². The van der Waals surface area contributed by atoms with Crippen LogP contribution in [-0.4, -0.2) is 4.57 Å². The summed E-state index contributed by atoms with van der Waals surface area (Å²) in [5.74, 6) is 0. The van der Waals surface area contributed by atoms with Crippen molar-refractivity contribution in [3.05, 3.63) is 34.2 Å². The van der Waals surface area contributed by atoms with Gasteiger partial charge in [-0.3, -0.25) is 4.79 Å². The van der Waals surface area contributed by atoms with E-state index in [2.05, 4.69) is 13.0 Å². The Balaban J connectivity index is 2.96. The highest BCUT2D eigenvalue weighted by atomic mass is 16.1. The molecule has 0 unspecified atom stereocenters. The molecule has 1 aromatic heterocycles. The third-order valence-electron chi connectivity index (χ3n) is 1.61. The van der Waals surface area contributed by atoms with Crippen molar-refractivity contribution in [2.45, 2.75) is 19.8 Å². The zero-order valence-corrected chi connectivity index (χ0v) is 6.92. The number of pyridine rings is 1. The van der Waals surface area contributed by atoms with Crippen LogP contribution in [0.2, 0.25) is 0 Å². The van der Waals surface area contributed by atoms with Gasteiger partial charge in [0.1, 0.15) is 0 Å². The molecule has 0 aliphatic carbocycles. The van der Waals surface area contributed by atoms with Crippen LogP contribution in [0.1, 0.15) is 18.9 Å². The molecule has 0 amide bonds. The van der Waals surface area contributed by atoms with Gasteiger partial charge in [-0.05, 0) is 18.1 Å². The smallest absolute Gasteiger partial charge is 0.258 e. The number of nitrogens with zero attached hydrogens (tertiary/aromatic N) is 1. The average Bonchev–Trinajstić information content (AvgIpc) is 1.98. The van der Waals surface area contributed by atoms with Gasteiger partial charge < -0.3 is 4.57 Å². The SMILES string of the molecule is CCCc1[c]c(=O)n(C)cc1. The van der Waals surface area contributed by atoms with E-state index in [1.54, 1.807) is 13.2 Å². The molecule has 2 nitrogen and oxygen atoms in total. The van der Waals surface area contributed by atoms with Crippen LogP contribution in [0, 0.1) is 6.07 Å². The highest BCUT2D eigenvalue weighted by Crippen LogP contribution is 1.96. The second kappa shape index (κ2) is 3.37. The molecule has 0 aromatic carbocycles. The molecule has 0 saturated carbocycles. The van der Waals surface area contributed by atoms with Crippen molar-refractivity contribution < 1.29 is 0 Å². The molecular weight excluding hydrogens is 138 g/mol. The first-order chi connectivity index (χ1) is 5.24. The van der Waals surface area contributed by atoms with Crippen molar-refractivity contribution in [1.29, 1.82) is 0 Å². The number of hydrogen-bond acceptors (Lipinski definition) is 1. The van der Waals surface area contributed by atoms with E-state index >= 15 is 0 Å². The Morgan fingerprint density at radius 2 is 2.36 bits per heavy atom. The lowest BCUT2D eigenvalue weighted by atomic mass is 10.2. The van der Waals surface area contributed by atoms with E-state index < -0.39 is 0 Å². The van der Waals surface area contributed by atoms with Gasteiger partial charge in [-0.15, -0.1) is 0 Å². The van der Waals surface area contributed by atoms with Gasteiger partial charge in [0.2, 0.25) is 0 Å². The van der Waals surface area contributed by atoms with E-state index in [9.17, 15) is 4.79 Å². The first-order valence-electron chi connectivity index (χ1n) is 3.82.